The van der Waals surface area contributed by atoms with Gasteiger partial charge in [0.25, 0.3) is 0 Å². The number of carbonyl (C=O) groups is 1. The van der Waals surface area contributed by atoms with Crippen LogP contribution in [0.25, 0.3) is 10.7 Å². The van der Waals surface area contributed by atoms with Crippen LogP contribution >= 0.6 is 11.3 Å². The topological polar surface area (TPSA) is 57.0 Å². The standard InChI is InChI=1S/C15H19N3O2S/c1-3-18-11(8-9-16-18)14-17-13-10(15(19)20-4-2)6-5-7-12(13)21-14/h8-10H,3-7H2,1-2H3. The molecule has 21 heavy (non-hydrogen) atoms. The second kappa shape index (κ2) is 5.97. The third kappa shape index (κ3) is 2.60. The molecule has 2 aromatic heterocycles. The van der Waals surface area contributed by atoms with Crippen molar-refractivity contribution in [2.24, 2.45) is 0 Å². The van der Waals surface area contributed by atoms with Gasteiger partial charge < -0.3 is 4.74 Å². The molecule has 5 nitrogen and oxygen atoms in total. The number of rotatable bonds is 4. The van der Waals surface area contributed by atoms with E-state index in [0.717, 1.165) is 42.2 Å². The van der Waals surface area contributed by atoms with Crippen LogP contribution in [0.1, 0.15) is 43.2 Å². The van der Waals surface area contributed by atoms with Crippen LogP contribution in [0.15, 0.2) is 12.3 Å². The van der Waals surface area contributed by atoms with E-state index in [1.54, 1.807) is 17.5 Å². The Morgan fingerprint density at radius 3 is 3.14 bits per heavy atom. The minimum absolute atomic E-state index is 0.140. The number of carbonyl (C=O) groups excluding carboxylic acids is 1. The normalized spacial score (nSPS) is 17.5. The Bertz CT molecular complexity index is 647. The lowest BCUT2D eigenvalue weighted by Crippen LogP contribution is -2.20. The maximum absolute atomic E-state index is 12.1. The van der Waals surface area contributed by atoms with Crippen LogP contribution in [0.5, 0.6) is 0 Å². The zero-order chi connectivity index (χ0) is 14.8. The highest BCUT2D eigenvalue weighted by atomic mass is 32.1. The summed E-state index contributed by atoms with van der Waals surface area (Å²) in [7, 11) is 0. The first kappa shape index (κ1) is 14.3. The average molecular weight is 305 g/mol. The lowest BCUT2D eigenvalue weighted by Gasteiger charge is -2.19. The summed E-state index contributed by atoms with van der Waals surface area (Å²) in [4.78, 5) is 18.1. The van der Waals surface area contributed by atoms with Crippen molar-refractivity contribution < 1.29 is 9.53 Å². The molecule has 0 saturated heterocycles. The number of hydrogen-bond donors (Lipinski definition) is 0. The van der Waals surface area contributed by atoms with E-state index in [2.05, 4.69) is 12.0 Å². The lowest BCUT2D eigenvalue weighted by atomic mass is 9.91. The van der Waals surface area contributed by atoms with Crippen molar-refractivity contribution in [1.29, 1.82) is 0 Å². The Kier molecular flexibility index (Phi) is 4.05. The van der Waals surface area contributed by atoms with Gasteiger partial charge in [0, 0.05) is 17.6 Å². The molecule has 112 valence electrons. The number of aryl methyl sites for hydroxylation is 2. The molecule has 0 aliphatic heterocycles. The molecule has 1 aliphatic carbocycles. The van der Waals surface area contributed by atoms with Crippen molar-refractivity contribution in [1.82, 2.24) is 14.8 Å². The van der Waals surface area contributed by atoms with Crippen molar-refractivity contribution in [2.45, 2.75) is 45.6 Å². The molecule has 0 spiro atoms. The van der Waals surface area contributed by atoms with Crippen molar-refractivity contribution in [2.75, 3.05) is 6.61 Å². The summed E-state index contributed by atoms with van der Waals surface area (Å²) in [5, 5.41) is 5.25. The number of aromatic nitrogens is 3. The van der Waals surface area contributed by atoms with Gasteiger partial charge in [-0.1, -0.05) is 0 Å². The molecule has 0 amide bonds. The maximum atomic E-state index is 12.1. The van der Waals surface area contributed by atoms with Crippen LogP contribution in [0.3, 0.4) is 0 Å². The van der Waals surface area contributed by atoms with Crippen LogP contribution in [0.2, 0.25) is 0 Å². The number of ether oxygens (including phenoxy) is 1. The van der Waals surface area contributed by atoms with Crippen LogP contribution in [-0.2, 0) is 22.5 Å². The van der Waals surface area contributed by atoms with Gasteiger partial charge in [-0.2, -0.15) is 5.10 Å². The molecular formula is C15H19N3O2S. The molecular weight excluding hydrogens is 286 g/mol. The second-order valence-corrected chi connectivity index (χ2v) is 6.14. The van der Waals surface area contributed by atoms with Gasteiger partial charge in [0.1, 0.15) is 10.9 Å². The third-order valence-corrected chi connectivity index (χ3v) is 4.91. The Balaban J connectivity index is 1.96. The Hall–Kier alpha value is -1.69. The molecule has 3 rings (SSSR count). The van der Waals surface area contributed by atoms with E-state index < -0.39 is 0 Å². The highest BCUT2D eigenvalue weighted by Gasteiger charge is 2.31. The van der Waals surface area contributed by atoms with E-state index in [1.807, 2.05) is 17.7 Å². The Labute approximate surface area is 128 Å². The lowest BCUT2D eigenvalue weighted by molar-refractivity contribution is -0.145. The van der Waals surface area contributed by atoms with Gasteiger partial charge in [0.2, 0.25) is 0 Å². The molecule has 0 N–H and O–H groups in total. The summed E-state index contributed by atoms with van der Waals surface area (Å²) in [6.07, 6.45) is 4.65. The van der Waals surface area contributed by atoms with E-state index in [-0.39, 0.29) is 11.9 Å². The summed E-state index contributed by atoms with van der Waals surface area (Å²) in [5.41, 5.74) is 1.95. The number of thiazole rings is 1. The van der Waals surface area contributed by atoms with E-state index >= 15 is 0 Å². The van der Waals surface area contributed by atoms with Gasteiger partial charge in [-0.25, -0.2) is 4.98 Å². The van der Waals surface area contributed by atoms with Gasteiger partial charge >= 0.3 is 5.97 Å². The van der Waals surface area contributed by atoms with Gasteiger partial charge in [0.15, 0.2) is 0 Å². The summed E-state index contributed by atoms with van der Waals surface area (Å²) in [6, 6.07) is 1.98. The molecule has 1 unspecified atom stereocenters. The van der Waals surface area contributed by atoms with Crippen LogP contribution in [0.4, 0.5) is 0 Å². The molecule has 0 fully saturated rings. The smallest absolute Gasteiger partial charge is 0.315 e. The molecule has 0 aromatic carbocycles. The van der Waals surface area contributed by atoms with E-state index in [9.17, 15) is 4.79 Å². The fourth-order valence-corrected chi connectivity index (χ4v) is 3.96. The fraction of sp³-hybridized carbons (Fsp3) is 0.533. The molecule has 0 bridgehead atoms. The van der Waals surface area contributed by atoms with Crippen LogP contribution in [-0.4, -0.2) is 27.3 Å². The molecule has 6 heteroatoms. The highest BCUT2D eigenvalue weighted by Crippen LogP contribution is 2.38. The molecule has 1 aliphatic rings. The van der Waals surface area contributed by atoms with E-state index in [1.165, 1.54) is 4.88 Å². The van der Waals surface area contributed by atoms with Crippen LogP contribution in [0, 0.1) is 0 Å². The maximum Gasteiger partial charge on any atom is 0.315 e. The quantitative estimate of drug-likeness (QED) is 0.815. The number of esters is 1. The van der Waals surface area contributed by atoms with Crippen molar-refractivity contribution in [3.63, 3.8) is 0 Å². The van der Waals surface area contributed by atoms with Gasteiger partial charge in [-0.05, 0) is 39.2 Å². The number of hydrogen-bond acceptors (Lipinski definition) is 5. The average Bonchev–Trinajstić information content (AvgIpc) is 3.12. The Morgan fingerprint density at radius 1 is 1.52 bits per heavy atom. The predicted octanol–water partition coefficient (Wildman–Crippen LogP) is 3.01. The van der Waals surface area contributed by atoms with Gasteiger partial charge in [-0.3, -0.25) is 9.48 Å². The molecule has 2 heterocycles. The first-order valence-electron chi connectivity index (χ1n) is 7.43. The minimum Gasteiger partial charge on any atom is -0.465 e. The summed E-state index contributed by atoms with van der Waals surface area (Å²) in [6.45, 7) is 5.14. The molecule has 1 atom stereocenters. The largest absolute Gasteiger partial charge is 0.465 e. The third-order valence-electron chi connectivity index (χ3n) is 3.76. The first-order chi connectivity index (χ1) is 10.2. The van der Waals surface area contributed by atoms with Gasteiger partial charge in [-0.15, -0.1) is 11.3 Å². The highest BCUT2D eigenvalue weighted by molar-refractivity contribution is 7.15. The zero-order valence-corrected chi connectivity index (χ0v) is 13.2. The Morgan fingerprint density at radius 2 is 2.38 bits per heavy atom. The molecule has 0 radical (unpaired) electrons. The predicted molar refractivity (Wildman–Crippen MR) is 81.3 cm³/mol. The van der Waals surface area contributed by atoms with E-state index in [0.29, 0.717) is 6.61 Å². The summed E-state index contributed by atoms with van der Waals surface area (Å²) < 4.78 is 7.13. The van der Waals surface area contributed by atoms with Gasteiger partial charge in [0.05, 0.1) is 18.0 Å². The number of nitrogens with zero attached hydrogens (tertiary/aromatic N) is 3. The second-order valence-electron chi connectivity index (χ2n) is 5.06. The summed E-state index contributed by atoms with van der Waals surface area (Å²) >= 11 is 1.68. The van der Waals surface area contributed by atoms with E-state index in [4.69, 9.17) is 9.72 Å². The van der Waals surface area contributed by atoms with Crippen LogP contribution < -0.4 is 0 Å². The minimum atomic E-state index is -0.198. The van der Waals surface area contributed by atoms with Crippen molar-refractivity contribution in [3.05, 3.63) is 22.8 Å². The molecule has 2 aromatic rings. The first-order valence-corrected chi connectivity index (χ1v) is 8.24. The number of fused-ring (bicyclic) bond motifs is 1. The SMILES string of the molecule is CCOC(=O)C1CCCc2sc(-c3ccnn3CC)nc21. The van der Waals surface area contributed by atoms with Crippen molar-refractivity contribution in [3.8, 4) is 10.7 Å². The fourth-order valence-electron chi connectivity index (χ4n) is 2.77. The zero-order valence-electron chi connectivity index (χ0n) is 12.3. The monoisotopic (exact) mass is 305 g/mol. The molecule has 0 saturated carbocycles. The summed E-state index contributed by atoms with van der Waals surface area (Å²) in [5.74, 6) is -0.337. The van der Waals surface area contributed by atoms with Crippen molar-refractivity contribution >= 4 is 17.3 Å².